The summed E-state index contributed by atoms with van der Waals surface area (Å²) in [5.41, 5.74) is 0.303. The lowest BCUT2D eigenvalue weighted by Crippen LogP contribution is -2.13. The fourth-order valence-electron chi connectivity index (χ4n) is 1.22. The summed E-state index contributed by atoms with van der Waals surface area (Å²) >= 11 is 5.72. The first-order valence-electron chi connectivity index (χ1n) is 5.18. The van der Waals surface area contributed by atoms with Gasteiger partial charge in [-0.25, -0.2) is 4.79 Å². The highest BCUT2D eigenvalue weighted by Crippen LogP contribution is 2.26. The van der Waals surface area contributed by atoms with Gasteiger partial charge in [-0.05, 0) is 24.3 Å². The third-order valence-corrected chi connectivity index (χ3v) is 2.26. The van der Waals surface area contributed by atoms with Crippen LogP contribution in [0.2, 0.25) is 5.02 Å². The predicted octanol–water partition coefficient (Wildman–Crippen LogP) is 3.77. The highest BCUT2D eigenvalue weighted by molar-refractivity contribution is 6.30. The Hall–Kier alpha value is -1.69. The number of rotatable bonds is 5. The van der Waals surface area contributed by atoms with E-state index >= 15 is 0 Å². The summed E-state index contributed by atoms with van der Waals surface area (Å²) in [6, 6.07) is 4.24. The van der Waals surface area contributed by atoms with Crippen molar-refractivity contribution in [2.75, 3.05) is 6.61 Å². The molecule has 0 unspecified atom stereocenters. The maximum absolute atomic E-state index is 12.0. The highest BCUT2D eigenvalue weighted by Gasteiger charge is 2.26. The SMILES string of the molecule is O=C(O)C=Cc1cc(Cl)ccc1OCCC(F)(F)F. The molecule has 0 radical (unpaired) electrons. The predicted molar refractivity (Wildman–Crippen MR) is 64.3 cm³/mol. The minimum absolute atomic E-state index is 0.145. The Morgan fingerprint density at radius 3 is 2.68 bits per heavy atom. The number of alkyl halides is 3. The van der Waals surface area contributed by atoms with Gasteiger partial charge in [0.1, 0.15) is 5.75 Å². The Balaban J connectivity index is 2.79. The quantitative estimate of drug-likeness (QED) is 0.841. The zero-order valence-electron chi connectivity index (χ0n) is 9.58. The minimum Gasteiger partial charge on any atom is -0.493 e. The van der Waals surface area contributed by atoms with Gasteiger partial charge in [-0.15, -0.1) is 0 Å². The van der Waals surface area contributed by atoms with Gasteiger partial charge in [0.25, 0.3) is 0 Å². The fraction of sp³-hybridized carbons (Fsp3) is 0.250. The lowest BCUT2D eigenvalue weighted by Gasteiger charge is -2.11. The number of carbonyl (C=O) groups is 1. The van der Waals surface area contributed by atoms with Gasteiger partial charge in [0.2, 0.25) is 0 Å². The van der Waals surface area contributed by atoms with E-state index in [1.165, 1.54) is 24.3 Å². The Labute approximate surface area is 112 Å². The molecule has 1 rings (SSSR count). The Bertz CT molecular complexity index is 484. The van der Waals surface area contributed by atoms with Crippen LogP contribution in [0.4, 0.5) is 13.2 Å². The summed E-state index contributed by atoms with van der Waals surface area (Å²) in [5.74, 6) is -1.03. The van der Waals surface area contributed by atoms with Crippen molar-refractivity contribution in [3.05, 3.63) is 34.9 Å². The molecule has 104 valence electrons. The van der Waals surface area contributed by atoms with E-state index < -0.39 is 25.2 Å². The van der Waals surface area contributed by atoms with E-state index in [1.807, 2.05) is 0 Å². The molecule has 19 heavy (non-hydrogen) atoms. The lowest BCUT2D eigenvalue weighted by molar-refractivity contribution is -0.139. The van der Waals surface area contributed by atoms with Crippen LogP contribution >= 0.6 is 11.6 Å². The smallest absolute Gasteiger partial charge is 0.392 e. The molecule has 0 saturated heterocycles. The number of aliphatic carboxylic acids is 1. The summed E-state index contributed by atoms with van der Waals surface area (Å²) in [4.78, 5) is 10.4. The topological polar surface area (TPSA) is 46.5 Å². The summed E-state index contributed by atoms with van der Waals surface area (Å²) < 4.78 is 40.9. The van der Waals surface area contributed by atoms with Gasteiger partial charge in [-0.2, -0.15) is 13.2 Å². The largest absolute Gasteiger partial charge is 0.493 e. The number of benzene rings is 1. The van der Waals surface area contributed by atoms with Crippen molar-refractivity contribution in [3.63, 3.8) is 0 Å². The van der Waals surface area contributed by atoms with Crippen LogP contribution in [0.1, 0.15) is 12.0 Å². The molecule has 1 aromatic carbocycles. The van der Waals surface area contributed by atoms with Crippen LogP contribution in [0.3, 0.4) is 0 Å². The molecular formula is C12H10ClF3O3. The van der Waals surface area contributed by atoms with Crippen LogP contribution < -0.4 is 4.74 Å². The number of hydrogen-bond donors (Lipinski definition) is 1. The number of carboxylic acids is 1. The average molecular weight is 295 g/mol. The van der Waals surface area contributed by atoms with Crippen molar-refractivity contribution < 1.29 is 27.8 Å². The second kappa shape index (κ2) is 6.47. The highest BCUT2D eigenvalue weighted by atomic mass is 35.5. The van der Waals surface area contributed by atoms with Crippen molar-refractivity contribution in [3.8, 4) is 5.75 Å². The molecule has 3 nitrogen and oxygen atoms in total. The van der Waals surface area contributed by atoms with Crippen molar-refractivity contribution in [1.29, 1.82) is 0 Å². The van der Waals surface area contributed by atoms with Crippen molar-refractivity contribution >= 4 is 23.6 Å². The summed E-state index contributed by atoms with van der Waals surface area (Å²) in [7, 11) is 0. The van der Waals surface area contributed by atoms with E-state index in [1.54, 1.807) is 0 Å². The Morgan fingerprint density at radius 2 is 2.11 bits per heavy atom. The van der Waals surface area contributed by atoms with Crippen molar-refractivity contribution in [2.24, 2.45) is 0 Å². The molecule has 0 fully saturated rings. The van der Waals surface area contributed by atoms with Gasteiger partial charge in [-0.3, -0.25) is 0 Å². The summed E-state index contributed by atoms with van der Waals surface area (Å²) in [5, 5.41) is 8.84. The van der Waals surface area contributed by atoms with Crippen LogP contribution in [0.25, 0.3) is 6.08 Å². The molecule has 1 aromatic rings. The third-order valence-electron chi connectivity index (χ3n) is 2.02. The number of halogens is 4. The fourth-order valence-corrected chi connectivity index (χ4v) is 1.40. The maximum atomic E-state index is 12.0. The molecule has 0 spiro atoms. The van der Waals surface area contributed by atoms with E-state index in [9.17, 15) is 18.0 Å². The molecule has 0 amide bonds. The van der Waals surface area contributed by atoms with Gasteiger partial charge in [0.05, 0.1) is 13.0 Å². The molecule has 0 atom stereocenters. The van der Waals surface area contributed by atoms with Crippen LogP contribution in [-0.4, -0.2) is 23.9 Å². The number of carboxylic acid groups (broad SMARTS) is 1. The molecule has 0 bridgehead atoms. The molecule has 0 aliphatic carbocycles. The van der Waals surface area contributed by atoms with Crippen LogP contribution in [-0.2, 0) is 4.79 Å². The number of hydrogen-bond acceptors (Lipinski definition) is 2. The lowest BCUT2D eigenvalue weighted by atomic mass is 10.2. The van der Waals surface area contributed by atoms with E-state index in [0.717, 1.165) is 6.08 Å². The number of ether oxygens (including phenoxy) is 1. The average Bonchev–Trinajstić information content (AvgIpc) is 2.27. The Kier molecular flexibility index (Phi) is 5.23. The first kappa shape index (κ1) is 15.4. The Morgan fingerprint density at radius 1 is 1.42 bits per heavy atom. The third kappa shape index (κ3) is 6.15. The van der Waals surface area contributed by atoms with Crippen molar-refractivity contribution in [2.45, 2.75) is 12.6 Å². The molecule has 0 aliphatic heterocycles. The second-order valence-electron chi connectivity index (χ2n) is 3.57. The van der Waals surface area contributed by atoms with Gasteiger partial charge in [0.15, 0.2) is 0 Å². The monoisotopic (exact) mass is 294 g/mol. The molecule has 1 N–H and O–H groups in total. The van der Waals surface area contributed by atoms with Crippen molar-refractivity contribution in [1.82, 2.24) is 0 Å². The minimum atomic E-state index is -4.30. The van der Waals surface area contributed by atoms with Crippen LogP contribution in [0.5, 0.6) is 5.75 Å². The zero-order chi connectivity index (χ0) is 14.5. The van der Waals surface area contributed by atoms with E-state index in [0.29, 0.717) is 10.6 Å². The molecule has 0 aliphatic rings. The normalized spacial score (nSPS) is 11.8. The first-order chi connectivity index (χ1) is 8.78. The first-order valence-corrected chi connectivity index (χ1v) is 5.56. The summed E-state index contributed by atoms with van der Waals surface area (Å²) in [6.07, 6.45) is -3.33. The molecule has 7 heteroatoms. The van der Waals surface area contributed by atoms with Crippen LogP contribution in [0.15, 0.2) is 24.3 Å². The standard InChI is InChI=1S/C12H10ClF3O3/c13-9-2-3-10(19-6-5-12(14,15)16)8(7-9)1-4-11(17)18/h1-4,7H,5-6H2,(H,17,18). The van der Waals surface area contributed by atoms with Gasteiger partial charge < -0.3 is 9.84 Å². The van der Waals surface area contributed by atoms with E-state index in [4.69, 9.17) is 21.4 Å². The maximum Gasteiger partial charge on any atom is 0.392 e. The zero-order valence-corrected chi connectivity index (χ0v) is 10.3. The molecule has 0 heterocycles. The molecule has 0 saturated carbocycles. The second-order valence-corrected chi connectivity index (χ2v) is 4.00. The molecule has 0 aromatic heterocycles. The van der Waals surface area contributed by atoms with E-state index in [2.05, 4.69) is 0 Å². The van der Waals surface area contributed by atoms with Crippen LogP contribution in [0, 0.1) is 0 Å². The van der Waals surface area contributed by atoms with E-state index in [-0.39, 0.29) is 5.75 Å². The summed E-state index contributed by atoms with van der Waals surface area (Å²) in [6.45, 7) is -0.543. The van der Waals surface area contributed by atoms with Gasteiger partial charge in [-0.1, -0.05) is 11.6 Å². The van der Waals surface area contributed by atoms with Gasteiger partial charge >= 0.3 is 12.1 Å². The van der Waals surface area contributed by atoms with Gasteiger partial charge in [0, 0.05) is 16.7 Å². The molecular weight excluding hydrogens is 285 g/mol.